The molecule has 0 amide bonds. The zero-order valence-electron chi connectivity index (χ0n) is 13.2. The van der Waals surface area contributed by atoms with Crippen molar-refractivity contribution in [3.63, 3.8) is 0 Å². The van der Waals surface area contributed by atoms with Crippen LogP contribution in [0.5, 0.6) is 0 Å². The third-order valence-corrected chi connectivity index (χ3v) is 5.58. The number of aromatic nitrogens is 1. The van der Waals surface area contributed by atoms with Gasteiger partial charge in [-0.05, 0) is 63.9 Å². The number of hydrogen-bond acceptors (Lipinski definition) is 3. The Morgan fingerprint density at radius 3 is 2.59 bits per heavy atom. The van der Waals surface area contributed by atoms with Crippen LogP contribution in [0.2, 0.25) is 0 Å². The molecule has 0 radical (unpaired) electrons. The molecule has 0 spiro atoms. The van der Waals surface area contributed by atoms with Gasteiger partial charge in [0.1, 0.15) is 0 Å². The second-order valence-corrected chi connectivity index (χ2v) is 6.94. The smallest absolute Gasteiger partial charge is 0.166 e. The standard InChI is InChI=1S/C19H22N2O/c1-12-3-4-13-9-14(5-8-18(13)20-12)19(22)15-10-16-6-7-17(11-15)21(16)2/h3-5,8-9,15-17H,6-7,10-11H2,1-2H3. The Hall–Kier alpha value is -1.74. The van der Waals surface area contributed by atoms with E-state index < -0.39 is 0 Å². The number of carbonyl (C=O) groups excluding carboxylic acids is 1. The molecule has 2 unspecified atom stereocenters. The first-order valence-electron chi connectivity index (χ1n) is 8.25. The molecule has 2 fully saturated rings. The van der Waals surface area contributed by atoms with Gasteiger partial charge < -0.3 is 4.90 Å². The van der Waals surface area contributed by atoms with Crippen molar-refractivity contribution in [2.24, 2.45) is 5.92 Å². The molecule has 2 atom stereocenters. The summed E-state index contributed by atoms with van der Waals surface area (Å²) in [6.45, 7) is 1.99. The maximum atomic E-state index is 12.9. The number of piperidine rings is 1. The third-order valence-electron chi connectivity index (χ3n) is 5.58. The van der Waals surface area contributed by atoms with Crippen LogP contribution in [0.4, 0.5) is 0 Å². The second-order valence-electron chi connectivity index (χ2n) is 6.94. The number of hydrogen-bond donors (Lipinski definition) is 0. The molecule has 1 aromatic heterocycles. The number of pyridine rings is 1. The number of carbonyl (C=O) groups is 1. The molecule has 0 N–H and O–H groups in total. The van der Waals surface area contributed by atoms with Gasteiger partial charge in [-0.1, -0.05) is 6.07 Å². The molecule has 3 nitrogen and oxygen atoms in total. The minimum absolute atomic E-state index is 0.199. The lowest BCUT2D eigenvalue weighted by molar-refractivity contribution is 0.0767. The number of nitrogens with zero attached hydrogens (tertiary/aromatic N) is 2. The van der Waals surface area contributed by atoms with Crippen LogP contribution in [0.15, 0.2) is 30.3 Å². The monoisotopic (exact) mass is 294 g/mol. The fraction of sp³-hybridized carbons (Fsp3) is 0.474. The lowest BCUT2D eigenvalue weighted by Gasteiger charge is -2.35. The Balaban J connectivity index is 1.61. The quantitative estimate of drug-likeness (QED) is 0.793. The molecule has 2 aromatic rings. The molecule has 2 saturated heterocycles. The van der Waals surface area contributed by atoms with Crippen molar-refractivity contribution in [2.45, 2.75) is 44.7 Å². The van der Waals surface area contributed by atoms with E-state index in [0.29, 0.717) is 17.9 Å². The van der Waals surface area contributed by atoms with E-state index >= 15 is 0 Å². The van der Waals surface area contributed by atoms with E-state index in [2.05, 4.69) is 23.0 Å². The first-order valence-corrected chi connectivity index (χ1v) is 8.25. The summed E-state index contributed by atoms with van der Waals surface area (Å²) in [7, 11) is 2.22. The molecule has 2 bridgehead atoms. The topological polar surface area (TPSA) is 33.2 Å². The van der Waals surface area contributed by atoms with Crippen LogP contribution in [0.25, 0.3) is 10.9 Å². The first-order chi connectivity index (χ1) is 10.6. The van der Waals surface area contributed by atoms with E-state index in [1.807, 2.05) is 31.2 Å². The van der Waals surface area contributed by atoms with Gasteiger partial charge in [-0.2, -0.15) is 0 Å². The fourth-order valence-corrected chi connectivity index (χ4v) is 4.24. The third kappa shape index (κ3) is 2.24. The summed E-state index contributed by atoms with van der Waals surface area (Å²) < 4.78 is 0. The van der Waals surface area contributed by atoms with Crippen LogP contribution >= 0.6 is 0 Å². The minimum atomic E-state index is 0.199. The van der Waals surface area contributed by atoms with E-state index in [-0.39, 0.29) is 5.92 Å². The van der Waals surface area contributed by atoms with Crippen molar-refractivity contribution >= 4 is 16.7 Å². The first kappa shape index (κ1) is 13.9. The highest BCUT2D eigenvalue weighted by molar-refractivity contribution is 6.01. The predicted octanol–water partition coefficient (Wildman–Crippen LogP) is 3.60. The van der Waals surface area contributed by atoms with Crippen LogP contribution in [-0.2, 0) is 0 Å². The molecule has 114 valence electrons. The SMILES string of the molecule is Cc1ccc2cc(C(=O)C3CC4CCC(C3)N4C)ccc2n1. The summed E-state index contributed by atoms with van der Waals surface area (Å²) in [5, 5.41) is 1.06. The van der Waals surface area contributed by atoms with Gasteiger partial charge in [-0.3, -0.25) is 9.78 Å². The predicted molar refractivity (Wildman–Crippen MR) is 88.1 cm³/mol. The van der Waals surface area contributed by atoms with Crippen molar-refractivity contribution < 1.29 is 4.79 Å². The highest BCUT2D eigenvalue weighted by atomic mass is 16.1. The minimum Gasteiger partial charge on any atom is -0.300 e. The fourth-order valence-electron chi connectivity index (χ4n) is 4.24. The normalized spacial score (nSPS) is 28.2. The molecule has 4 rings (SSSR count). The molecule has 0 saturated carbocycles. The largest absolute Gasteiger partial charge is 0.300 e. The molecule has 0 aliphatic carbocycles. The summed E-state index contributed by atoms with van der Waals surface area (Å²) in [5.74, 6) is 0.525. The molecule has 3 heteroatoms. The van der Waals surface area contributed by atoms with Crippen LogP contribution in [0.1, 0.15) is 41.7 Å². The zero-order chi connectivity index (χ0) is 15.3. The van der Waals surface area contributed by atoms with E-state index in [1.54, 1.807) is 0 Å². The van der Waals surface area contributed by atoms with Crippen molar-refractivity contribution in [1.29, 1.82) is 0 Å². The van der Waals surface area contributed by atoms with Gasteiger partial charge in [0.05, 0.1) is 5.52 Å². The average molecular weight is 294 g/mol. The number of aryl methyl sites for hydroxylation is 1. The van der Waals surface area contributed by atoms with Crippen molar-refractivity contribution in [2.75, 3.05) is 7.05 Å². The molecule has 2 aliphatic rings. The van der Waals surface area contributed by atoms with Gasteiger partial charge in [-0.25, -0.2) is 0 Å². The van der Waals surface area contributed by atoms with Gasteiger partial charge >= 0.3 is 0 Å². The van der Waals surface area contributed by atoms with E-state index in [1.165, 1.54) is 12.8 Å². The lowest BCUT2D eigenvalue weighted by Crippen LogP contribution is -2.42. The van der Waals surface area contributed by atoms with Crippen LogP contribution in [0, 0.1) is 12.8 Å². The molecular formula is C19H22N2O. The Labute approximate surface area is 131 Å². The number of fused-ring (bicyclic) bond motifs is 3. The number of benzene rings is 1. The maximum absolute atomic E-state index is 12.9. The zero-order valence-corrected chi connectivity index (χ0v) is 13.2. The summed E-state index contributed by atoms with van der Waals surface area (Å²) in [4.78, 5) is 19.9. The summed E-state index contributed by atoms with van der Waals surface area (Å²) in [5.41, 5.74) is 2.84. The van der Waals surface area contributed by atoms with Crippen LogP contribution < -0.4 is 0 Å². The molecular weight excluding hydrogens is 272 g/mol. The molecule has 3 heterocycles. The Kier molecular flexibility index (Phi) is 3.26. The van der Waals surface area contributed by atoms with Crippen molar-refractivity contribution in [3.05, 3.63) is 41.6 Å². The Bertz CT molecular complexity index is 725. The van der Waals surface area contributed by atoms with E-state index in [9.17, 15) is 4.79 Å². The Morgan fingerprint density at radius 1 is 1.14 bits per heavy atom. The van der Waals surface area contributed by atoms with Gasteiger partial charge in [-0.15, -0.1) is 0 Å². The molecule has 1 aromatic carbocycles. The van der Waals surface area contributed by atoms with Crippen molar-refractivity contribution in [1.82, 2.24) is 9.88 Å². The maximum Gasteiger partial charge on any atom is 0.166 e. The van der Waals surface area contributed by atoms with Crippen LogP contribution in [0.3, 0.4) is 0 Å². The highest BCUT2D eigenvalue weighted by Gasteiger charge is 2.40. The number of rotatable bonds is 2. The number of Topliss-reactive ketones (excluding diaryl/α,β-unsaturated/α-hetero) is 1. The Morgan fingerprint density at radius 2 is 1.86 bits per heavy atom. The average Bonchev–Trinajstić information content (AvgIpc) is 2.75. The number of ketones is 1. The summed E-state index contributed by atoms with van der Waals surface area (Å²) in [6, 6.07) is 11.2. The van der Waals surface area contributed by atoms with Gasteiger partial charge in [0.15, 0.2) is 5.78 Å². The summed E-state index contributed by atoms with van der Waals surface area (Å²) >= 11 is 0. The van der Waals surface area contributed by atoms with Gasteiger partial charge in [0, 0.05) is 34.6 Å². The molecule has 2 aliphatic heterocycles. The second kappa shape index (κ2) is 5.17. The van der Waals surface area contributed by atoms with Crippen molar-refractivity contribution in [3.8, 4) is 0 Å². The van der Waals surface area contributed by atoms with E-state index in [4.69, 9.17) is 0 Å². The van der Waals surface area contributed by atoms with Crippen LogP contribution in [-0.4, -0.2) is 34.8 Å². The molecule has 22 heavy (non-hydrogen) atoms. The lowest BCUT2D eigenvalue weighted by atomic mass is 9.85. The van der Waals surface area contributed by atoms with Gasteiger partial charge in [0.2, 0.25) is 0 Å². The summed E-state index contributed by atoms with van der Waals surface area (Å²) in [6.07, 6.45) is 4.56. The van der Waals surface area contributed by atoms with Gasteiger partial charge in [0.25, 0.3) is 0 Å². The van der Waals surface area contributed by atoms with E-state index in [0.717, 1.165) is 35.0 Å². The highest BCUT2D eigenvalue weighted by Crippen LogP contribution is 2.38.